The average Bonchev–Trinajstić information content (AvgIpc) is 2.24. The largest absolute Gasteiger partial charge is 0.441 e. The summed E-state index contributed by atoms with van der Waals surface area (Å²) in [4.78, 5) is 5.85. The SMILES string of the molecule is NC(=NCCSC(F)(F)F)N1CCSCC1. The van der Waals surface area contributed by atoms with Gasteiger partial charge in [0.1, 0.15) is 0 Å². The predicted octanol–water partition coefficient (Wildman–Crippen LogP) is 1.60. The van der Waals surface area contributed by atoms with Gasteiger partial charge in [0.25, 0.3) is 0 Å². The van der Waals surface area contributed by atoms with Crippen LogP contribution in [0.1, 0.15) is 0 Å². The maximum Gasteiger partial charge on any atom is 0.441 e. The van der Waals surface area contributed by atoms with Gasteiger partial charge in [0, 0.05) is 30.3 Å². The topological polar surface area (TPSA) is 41.6 Å². The average molecular weight is 273 g/mol. The van der Waals surface area contributed by atoms with E-state index in [2.05, 4.69) is 4.99 Å². The maximum atomic E-state index is 11.8. The Bertz CT molecular complexity index is 239. The Kier molecular flexibility index (Phi) is 5.60. The van der Waals surface area contributed by atoms with E-state index < -0.39 is 5.51 Å². The number of rotatable bonds is 3. The quantitative estimate of drug-likeness (QED) is 0.482. The molecule has 1 aliphatic heterocycles. The molecule has 0 radical (unpaired) electrons. The monoisotopic (exact) mass is 273 g/mol. The fraction of sp³-hybridized carbons (Fsp3) is 0.875. The maximum absolute atomic E-state index is 11.8. The molecule has 1 heterocycles. The number of aliphatic imine (C=N–C) groups is 1. The first-order valence-corrected chi connectivity index (χ1v) is 6.96. The summed E-state index contributed by atoms with van der Waals surface area (Å²) >= 11 is 1.78. The molecule has 8 heteroatoms. The summed E-state index contributed by atoms with van der Waals surface area (Å²) in [5.41, 5.74) is 1.50. The lowest BCUT2D eigenvalue weighted by Gasteiger charge is -2.27. The highest BCUT2D eigenvalue weighted by atomic mass is 32.2. The van der Waals surface area contributed by atoms with E-state index in [1.54, 1.807) is 0 Å². The molecule has 16 heavy (non-hydrogen) atoms. The highest BCUT2D eigenvalue weighted by Crippen LogP contribution is 2.29. The smallest absolute Gasteiger partial charge is 0.370 e. The van der Waals surface area contributed by atoms with Crippen molar-refractivity contribution in [1.29, 1.82) is 0 Å². The van der Waals surface area contributed by atoms with Crippen molar-refractivity contribution in [2.45, 2.75) is 5.51 Å². The molecule has 0 unspecified atom stereocenters. The van der Waals surface area contributed by atoms with Gasteiger partial charge in [-0.05, 0) is 11.8 Å². The number of halogens is 3. The molecule has 0 aromatic rings. The van der Waals surface area contributed by atoms with Crippen LogP contribution in [0.4, 0.5) is 13.2 Å². The molecule has 1 rings (SSSR count). The standard InChI is InChI=1S/C8H14F3N3S2/c9-8(10,11)16-4-1-13-7(12)14-2-5-15-6-3-14/h1-6H2,(H2,12,13). The minimum absolute atomic E-state index is 0.0631. The second kappa shape index (κ2) is 6.48. The zero-order valence-corrected chi connectivity index (χ0v) is 10.3. The summed E-state index contributed by atoms with van der Waals surface area (Å²) in [6.45, 7) is 1.76. The van der Waals surface area contributed by atoms with Gasteiger partial charge in [-0.2, -0.15) is 24.9 Å². The Morgan fingerprint density at radius 2 is 2.00 bits per heavy atom. The molecule has 0 bridgehead atoms. The molecule has 0 spiro atoms. The molecule has 94 valence electrons. The zero-order chi connectivity index (χ0) is 12.0. The van der Waals surface area contributed by atoms with Crippen molar-refractivity contribution in [3.05, 3.63) is 0 Å². The molecule has 2 N–H and O–H groups in total. The van der Waals surface area contributed by atoms with Crippen molar-refractivity contribution < 1.29 is 13.2 Å². The Balaban J connectivity index is 2.22. The summed E-state index contributed by atoms with van der Waals surface area (Å²) in [6, 6.07) is 0. The zero-order valence-electron chi connectivity index (χ0n) is 8.66. The van der Waals surface area contributed by atoms with E-state index in [-0.39, 0.29) is 24.1 Å². The molecular weight excluding hydrogens is 259 g/mol. The number of guanidine groups is 1. The summed E-state index contributed by atoms with van der Waals surface area (Å²) in [5.74, 6) is 2.27. The Morgan fingerprint density at radius 1 is 1.38 bits per heavy atom. The number of hydrogen-bond acceptors (Lipinski definition) is 3. The van der Waals surface area contributed by atoms with Crippen LogP contribution >= 0.6 is 23.5 Å². The molecular formula is C8H14F3N3S2. The molecule has 0 aromatic carbocycles. The lowest BCUT2D eigenvalue weighted by Crippen LogP contribution is -2.42. The number of hydrogen-bond donors (Lipinski definition) is 1. The number of nitrogens with zero attached hydrogens (tertiary/aromatic N) is 2. The molecule has 0 saturated carbocycles. The van der Waals surface area contributed by atoms with Gasteiger partial charge in [-0.25, -0.2) is 0 Å². The predicted molar refractivity (Wildman–Crippen MR) is 63.9 cm³/mol. The van der Waals surface area contributed by atoms with E-state index in [1.165, 1.54) is 0 Å². The fourth-order valence-corrected chi connectivity index (χ4v) is 2.53. The van der Waals surface area contributed by atoms with Crippen molar-refractivity contribution >= 4 is 29.5 Å². The van der Waals surface area contributed by atoms with Gasteiger partial charge in [-0.1, -0.05) is 0 Å². The van der Waals surface area contributed by atoms with Crippen molar-refractivity contribution in [2.24, 2.45) is 10.7 Å². The van der Waals surface area contributed by atoms with Crippen LogP contribution in [0.2, 0.25) is 0 Å². The summed E-state index contributed by atoms with van der Waals surface area (Å²) in [5, 5.41) is 0. The minimum atomic E-state index is -4.17. The van der Waals surface area contributed by atoms with Crippen LogP contribution in [0.3, 0.4) is 0 Å². The Morgan fingerprint density at radius 3 is 2.56 bits per heavy atom. The van der Waals surface area contributed by atoms with E-state index >= 15 is 0 Å². The molecule has 0 aromatic heterocycles. The Labute approximate surface area is 101 Å². The van der Waals surface area contributed by atoms with Crippen LogP contribution in [-0.4, -0.2) is 53.3 Å². The molecule has 0 amide bonds. The van der Waals surface area contributed by atoms with Crippen LogP contribution in [0.15, 0.2) is 4.99 Å². The third-order valence-corrected chi connectivity index (χ3v) is 3.62. The summed E-state index contributed by atoms with van der Waals surface area (Å²) < 4.78 is 35.4. The first kappa shape index (κ1) is 13.8. The van der Waals surface area contributed by atoms with Gasteiger partial charge in [0.2, 0.25) is 0 Å². The molecule has 0 aliphatic carbocycles. The van der Waals surface area contributed by atoms with Gasteiger partial charge in [-0.15, -0.1) is 0 Å². The van der Waals surface area contributed by atoms with Gasteiger partial charge in [0.15, 0.2) is 5.96 Å². The van der Waals surface area contributed by atoms with E-state index in [1.807, 2.05) is 16.7 Å². The van der Waals surface area contributed by atoms with Gasteiger partial charge in [-0.3, -0.25) is 4.99 Å². The van der Waals surface area contributed by atoms with Crippen LogP contribution in [0.5, 0.6) is 0 Å². The normalized spacial score (nSPS) is 18.9. The molecule has 0 atom stereocenters. The third kappa shape index (κ3) is 5.74. The van der Waals surface area contributed by atoms with Crippen LogP contribution < -0.4 is 5.73 Å². The summed E-state index contributed by atoms with van der Waals surface area (Å²) in [6.07, 6.45) is 0. The van der Waals surface area contributed by atoms with Gasteiger partial charge in [0.05, 0.1) is 6.54 Å². The lowest BCUT2D eigenvalue weighted by atomic mass is 10.5. The van der Waals surface area contributed by atoms with E-state index in [9.17, 15) is 13.2 Å². The minimum Gasteiger partial charge on any atom is -0.370 e. The van der Waals surface area contributed by atoms with Crippen LogP contribution in [0.25, 0.3) is 0 Å². The van der Waals surface area contributed by atoms with Crippen molar-refractivity contribution in [3.8, 4) is 0 Å². The van der Waals surface area contributed by atoms with Gasteiger partial charge < -0.3 is 10.6 Å². The number of alkyl halides is 3. The van der Waals surface area contributed by atoms with Crippen molar-refractivity contribution in [2.75, 3.05) is 36.9 Å². The van der Waals surface area contributed by atoms with E-state index in [0.717, 1.165) is 24.6 Å². The third-order valence-electron chi connectivity index (χ3n) is 1.97. The fourth-order valence-electron chi connectivity index (χ4n) is 1.21. The second-order valence-corrected chi connectivity index (χ2v) is 5.52. The highest BCUT2D eigenvalue weighted by molar-refractivity contribution is 8.00. The highest BCUT2D eigenvalue weighted by Gasteiger charge is 2.27. The number of nitrogens with two attached hydrogens (primary N) is 1. The summed E-state index contributed by atoms with van der Waals surface area (Å²) in [7, 11) is 0. The van der Waals surface area contributed by atoms with Gasteiger partial charge >= 0.3 is 5.51 Å². The first-order chi connectivity index (χ1) is 7.49. The lowest BCUT2D eigenvalue weighted by molar-refractivity contribution is -0.0327. The first-order valence-electron chi connectivity index (χ1n) is 4.82. The van der Waals surface area contributed by atoms with E-state index in [4.69, 9.17) is 5.73 Å². The second-order valence-electron chi connectivity index (χ2n) is 3.13. The van der Waals surface area contributed by atoms with E-state index in [0.29, 0.717) is 5.96 Å². The van der Waals surface area contributed by atoms with Crippen molar-refractivity contribution in [1.82, 2.24) is 4.90 Å². The molecule has 1 aliphatic rings. The Hall–Kier alpha value is -0.240. The molecule has 1 fully saturated rings. The molecule has 3 nitrogen and oxygen atoms in total. The van der Waals surface area contributed by atoms with Crippen LogP contribution in [0, 0.1) is 0 Å². The van der Waals surface area contributed by atoms with Crippen molar-refractivity contribution in [3.63, 3.8) is 0 Å². The van der Waals surface area contributed by atoms with Crippen LogP contribution in [-0.2, 0) is 0 Å². The molecule has 1 saturated heterocycles. The number of thioether (sulfide) groups is 2.